The molecule has 0 aliphatic carbocycles. The van der Waals surface area contributed by atoms with Crippen molar-refractivity contribution in [3.63, 3.8) is 0 Å². The molecule has 31 heavy (non-hydrogen) atoms. The quantitative estimate of drug-likeness (QED) is 0.549. The van der Waals surface area contributed by atoms with Crippen LogP contribution in [0.15, 0.2) is 71.6 Å². The van der Waals surface area contributed by atoms with E-state index in [1.165, 1.54) is 43.5 Å². The number of carbonyl (C=O) groups excluding carboxylic acids is 1. The van der Waals surface area contributed by atoms with Crippen molar-refractivity contribution in [3.8, 4) is 11.5 Å². The number of rotatable bonds is 8. The highest BCUT2D eigenvalue weighted by atomic mass is 32.2. The molecule has 0 saturated carbocycles. The normalized spacial score (nSPS) is 10.9. The lowest BCUT2D eigenvalue weighted by atomic mass is 10.2. The van der Waals surface area contributed by atoms with Crippen molar-refractivity contribution in [1.29, 1.82) is 0 Å². The van der Waals surface area contributed by atoms with E-state index in [1.807, 2.05) is 13.0 Å². The zero-order valence-electron chi connectivity index (χ0n) is 16.9. The Hall–Kier alpha value is -3.59. The molecular weight excluding hydrogens is 423 g/mol. The second-order valence-corrected chi connectivity index (χ2v) is 8.31. The Labute approximate surface area is 179 Å². The third kappa shape index (κ3) is 5.95. The van der Waals surface area contributed by atoms with Crippen LogP contribution < -0.4 is 19.5 Å². The first-order valence-electron chi connectivity index (χ1n) is 9.22. The molecule has 3 aromatic rings. The van der Waals surface area contributed by atoms with Crippen LogP contribution in [0.5, 0.6) is 11.5 Å². The predicted octanol–water partition coefficient (Wildman–Crippen LogP) is 3.96. The first-order valence-corrected chi connectivity index (χ1v) is 10.7. The number of methoxy groups -OCH3 is 1. The molecule has 3 aromatic carbocycles. The molecule has 0 saturated heterocycles. The first-order chi connectivity index (χ1) is 14.8. The molecule has 2 N–H and O–H groups in total. The lowest BCUT2D eigenvalue weighted by Gasteiger charge is -2.12. The van der Waals surface area contributed by atoms with Gasteiger partial charge in [0.2, 0.25) is 0 Å². The van der Waals surface area contributed by atoms with Gasteiger partial charge >= 0.3 is 0 Å². The number of benzene rings is 3. The molecule has 0 spiro atoms. The van der Waals surface area contributed by atoms with E-state index >= 15 is 0 Å². The van der Waals surface area contributed by atoms with E-state index in [9.17, 15) is 17.6 Å². The van der Waals surface area contributed by atoms with Gasteiger partial charge < -0.3 is 14.8 Å². The first kappa shape index (κ1) is 22.1. The van der Waals surface area contributed by atoms with E-state index < -0.39 is 21.7 Å². The van der Waals surface area contributed by atoms with Gasteiger partial charge in [0, 0.05) is 5.69 Å². The number of hydrogen-bond donors (Lipinski definition) is 2. The summed E-state index contributed by atoms with van der Waals surface area (Å²) in [6.45, 7) is 1.63. The van der Waals surface area contributed by atoms with Crippen LogP contribution in [0, 0.1) is 12.7 Å². The topological polar surface area (TPSA) is 93.7 Å². The van der Waals surface area contributed by atoms with E-state index in [0.29, 0.717) is 17.2 Å². The molecule has 0 fully saturated rings. The highest BCUT2D eigenvalue weighted by molar-refractivity contribution is 7.92. The molecule has 1 amide bonds. The number of anilines is 2. The van der Waals surface area contributed by atoms with Crippen molar-refractivity contribution >= 4 is 27.3 Å². The molecule has 7 nitrogen and oxygen atoms in total. The zero-order chi connectivity index (χ0) is 22.4. The summed E-state index contributed by atoms with van der Waals surface area (Å²) >= 11 is 0. The lowest BCUT2D eigenvalue weighted by molar-refractivity contribution is -0.118. The Morgan fingerprint density at radius 2 is 1.68 bits per heavy atom. The van der Waals surface area contributed by atoms with Gasteiger partial charge in [-0.2, -0.15) is 0 Å². The van der Waals surface area contributed by atoms with Crippen LogP contribution >= 0.6 is 0 Å². The van der Waals surface area contributed by atoms with Gasteiger partial charge in [-0.1, -0.05) is 6.07 Å². The van der Waals surface area contributed by atoms with Gasteiger partial charge in [0.15, 0.2) is 6.61 Å². The highest BCUT2D eigenvalue weighted by Crippen LogP contribution is 2.25. The number of halogens is 1. The summed E-state index contributed by atoms with van der Waals surface area (Å²) in [5, 5.41) is 2.72. The Bertz CT molecular complexity index is 1160. The van der Waals surface area contributed by atoms with Gasteiger partial charge in [-0.3, -0.25) is 9.52 Å². The minimum atomic E-state index is -3.85. The second-order valence-electron chi connectivity index (χ2n) is 6.62. The van der Waals surface area contributed by atoms with Crippen molar-refractivity contribution in [2.75, 3.05) is 23.8 Å². The predicted molar refractivity (Wildman–Crippen MR) is 116 cm³/mol. The van der Waals surface area contributed by atoms with Gasteiger partial charge in [0.05, 0.1) is 17.7 Å². The molecule has 0 heterocycles. The molecule has 162 valence electrons. The zero-order valence-corrected chi connectivity index (χ0v) is 17.7. The monoisotopic (exact) mass is 444 g/mol. The maximum Gasteiger partial charge on any atom is 0.262 e. The third-order valence-electron chi connectivity index (χ3n) is 4.23. The van der Waals surface area contributed by atoms with E-state index in [-0.39, 0.29) is 17.2 Å². The van der Waals surface area contributed by atoms with E-state index in [1.54, 1.807) is 12.1 Å². The number of carbonyl (C=O) groups is 1. The minimum Gasteiger partial charge on any atom is -0.495 e. The number of nitrogens with one attached hydrogen (secondary N) is 2. The fourth-order valence-corrected chi connectivity index (χ4v) is 3.76. The molecule has 0 aromatic heterocycles. The van der Waals surface area contributed by atoms with Crippen molar-refractivity contribution < 1.29 is 27.1 Å². The number of hydrogen-bond acceptors (Lipinski definition) is 5. The number of sulfonamides is 1. The van der Waals surface area contributed by atoms with Gasteiger partial charge in [-0.25, -0.2) is 12.8 Å². The van der Waals surface area contributed by atoms with Crippen molar-refractivity contribution in [1.82, 2.24) is 0 Å². The second kappa shape index (κ2) is 9.48. The Balaban J connectivity index is 1.59. The highest BCUT2D eigenvalue weighted by Gasteiger charge is 2.15. The van der Waals surface area contributed by atoms with E-state index in [2.05, 4.69) is 10.0 Å². The molecule has 0 unspecified atom stereocenters. The molecule has 0 bridgehead atoms. The minimum absolute atomic E-state index is 0.00174. The third-order valence-corrected chi connectivity index (χ3v) is 5.63. The standard InChI is InChI=1S/C22H21FN2O5S/c1-15-3-12-21(29-2)20(13-15)24-22(26)14-30-18-8-10-19(11-9-18)31(27,28)25-17-6-4-16(23)5-7-17/h3-13,25H,14H2,1-2H3,(H,24,26). The summed E-state index contributed by atoms with van der Waals surface area (Å²) in [5.74, 6) is 0.00200. The van der Waals surface area contributed by atoms with E-state index in [0.717, 1.165) is 17.7 Å². The van der Waals surface area contributed by atoms with Crippen LogP contribution in [0.3, 0.4) is 0 Å². The SMILES string of the molecule is COc1ccc(C)cc1NC(=O)COc1ccc(S(=O)(=O)Nc2ccc(F)cc2)cc1. The molecule has 0 radical (unpaired) electrons. The number of amides is 1. The summed E-state index contributed by atoms with van der Waals surface area (Å²) in [4.78, 5) is 12.2. The van der Waals surface area contributed by atoms with Crippen LogP contribution in [0.4, 0.5) is 15.8 Å². The van der Waals surface area contributed by atoms with Gasteiger partial charge in [-0.15, -0.1) is 0 Å². The lowest BCUT2D eigenvalue weighted by Crippen LogP contribution is -2.20. The summed E-state index contributed by atoms with van der Waals surface area (Å²) in [5.41, 5.74) is 1.73. The Morgan fingerprint density at radius 1 is 1.00 bits per heavy atom. The maximum atomic E-state index is 13.0. The smallest absolute Gasteiger partial charge is 0.262 e. The number of aryl methyl sites for hydroxylation is 1. The van der Waals surface area contributed by atoms with Crippen LogP contribution in [0.2, 0.25) is 0 Å². The molecule has 0 atom stereocenters. The van der Waals surface area contributed by atoms with Crippen LogP contribution in [-0.4, -0.2) is 28.0 Å². The summed E-state index contributed by atoms with van der Waals surface area (Å²) in [6.07, 6.45) is 0. The van der Waals surface area contributed by atoms with Gasteiger partial charge in [-0.05, 0) is 73.2 Å². The average Bonchev–Trinajstić information content (AvgIpc) is 2.74. The van der Waals surface area contributed by atoms with Gasteiger partial charge in [0.25, 0.3) is 15.9 Å². The van der Waals surface area contributed by atoms with Crippen molar-refractivity contribution in [3.05, 3.63) is 78.1 Å². The maximum absolute atomic E-state index is 13.0. The van der Waals surface area contributed by atoms with E-state index in [4.69, 9.17) is 9.47 Å². The van der Waals surface area contributed by atoms with Gasteiger partial charge in [0.1, 0.15) is 17.3 Å². The molecular formula is C22H21FN2O5S. The Kier molecular flexibility index (Phi) is 6.76. The van der Waals surface area contributed by atoms with Crippen LogP contribution in [0.25, 0.3) is 0 Å². The largest absolute Gasteiger partial charge is 0.495 e. The molecule has 0 aliphatic rings. The molecule has 9 heteroatoms. The summed E-state index contributed by atoms with van der Waals surface area (Å²) < 4.78 is 50.9. The van der Waals surface area contributed by atoms with Crippen LogP contribution in [-0.2, 0) is 14.8 Å². The Morgan fingerprint density at radius 3 is 2.32 bits per heavy atom. The van der Waals surface area contributed by atoms with Crippen molar-refractivity contribution in [2.24, 2.45) is 0 Å². The fourth-order valence-electron chi connectivity index (χ4n) is 2.70. The summed E-state index contributed by atoms with van der Waals surface area (Å²) in [7, 11) is -2.34. The fraction of sp³-hybridized carbons (Fsp3) is 0.136. The number of ether oxygens (including phenoxy) is 2. The van der Waals surface area contributed by atoms with Crippen molar-refractivity contribution in [2.45, 2.75) is 11.8 Å². The summed E-state index contributed by atoms with van der Waals surface area (Å²) in [6, 6.07) is 16.0. The molecule has 0 aliphatic heterocycles. The van der Waals surface area contributed by atoms with Crippen LogP contribution in [0.1, 0.15) is 5.56 Å². The average molecular weight is 444 g/mol. The molecule has 3 rings (SSSR count).